The molecular formula is C9H16O2. The SMILES string of the molecule is CCC1CCC(=O)C(CO)C1. The van der Waals surface area contributed by atoms with Gasteiger partial charge in [0.1, 0.15) is 5.78 Å². The van der Waals surface area contributed by atoms with E-state index in [1.54, 1.807) is 0 Å². The van der Waals surface area contributed by atoms with Gasteiger partial charge in [-0.3, -0.25) is 4.79 Å². The highest BCUT2D eigenvalue weighted by molar-refractivity contribution is 5.81. The Bertz CT molecular complexity index is 142. The molecule has 2 atom stereocenters. The molecule has 0 aromatic carbocycles. The number of Topliss-reactive ketones (excluding diaryl/α,β-unsaturated/α-hetero) is 1. The summed E-state index contributed by atoms with van der Waals surface area (Å²) in [4.78, 5) is 11.1. The summed E-state index contributed by atoms with van der Waals surface area (Å²) in [6.45, 7) is 2.20. The first-order valence-corrected chi connectivity index (χ1v) is 4.41. The van der Waals surface area contributed by atoms with Gasteiger partial charge in [-0.05, 0) is 18.8 Å². The third-order valence-corrected chi connectivity index (χ3v) is 2.67. The highest BCUT2D eigenvalue weighted by Gasteiger charge is 2.26. The van der Waals surface area contributed by atoms with Crippen molar-refractivity contribution in [3.63, 3.8) is 0 Å². The lowest BCUT2D eigenvalue weighted by Gasteiger charge is -2.25. The Kier molecular flexibility index (Phi) is 3.06. The van der Waals surface area contributed by atoms with Crippen LogP contribution in [0.1, 0.15) is 32.6 Å². The molecule has 0 radical (unpaired) electrons. The summed E-state index contributed by atoms with van der Waals surface area (Å²) >= 11 is 0. The minimum Gasteiger partial charge on any atom is -0.396 e. The van der Waals surface area contributed by atoms with Gasteiger partial charge in [-0.1, -0.05) is 13.3 Å². The molecule has 1 saturated carbocycles. The van der Waals surface area contributed by atoms with E-state index < -0.39 is 0 Å². The third-order valence-electron chi connectivity index (χ3n) is 2.67. The molecule has 0 spiro atoms. The predicted octanol–water partition coefficient (Wildman–Crippen LogP) is 1.37. The molecule has 2 nitrogen and oxygen atoms in total. The third kappa shape index (κ3) is 2.03. The van der Waals surface area contributed by atoms with Crippen LogP contribution in [-0.2, 0) is 4.79 Å². The maximum Gasteiger partial charge on any atom is 0.138 e. The summed E-state index contributed by atoms with van der Waals surface area (Å²) in [7, 11) is 0. The molecule has 0 aliphatic heterocycles. The van der Waals surface area contributed by atoms with Crippen molar-refractivity contribution in [1.29, 1.82) is 0 Å². The van der Waals surface area contributed by atoms with E-state index in [-0.39, 0.29) is 18.3 Å². The summed E-state index contributed by atoms with van der Waals surface area (Å²) in [5.41, 5.74) is 0. The molecule has 0 aromatic rings. The second-order valence-corrected chi connectivity index (χ2v) is 3.39. The number of aliphatic hydroxyl groups is 1. The zero-order valence-corrected chi connectivity index (χ0v) is 7.05. The molecule has 0 amide bonds. The Morgan fingerprint density at radius 3 is 2.91 bits per heavy atom. The molecular weight excluding hydrogens is 140 g/mol. The molecule has 2 unspecified atom stereocenters. The van der Waals surface area contributed by atoms with Gasteiger partial charge >= 0.3 is 0 Å². The van der Waals surface area contributed by atoms with E-state index in [1.807, 2.05) is 0 Å². The number of carbonyl (C=O) groups is 1. The van der Waals surface area contributed by atoms with E-state index in [1.165, 1.54) is 0 Å². The van der Waals surface area contributed by atoms with Crippen LogP contribution >= 0.6 is 0 Å². The van der Waals surface area contributed by atoms with Gasteiger partial charge in [0, 0.05) is 12.3 Å². The van der Waals surface area contributed by atoms with Gasteiger partial charge in [0.25, 0.3) is 0 Å². The Labute approximate surface area is 67.6 Å². The first kappa shape index (κ1) is 8.72. The van der Waals surface area contributed by atoms with Crippen LogP contribution in [0.4, 0.5) is 0 Å². The summed E-state index contributed by atoms with van der Waals surface area (Å²) in [5, 5.41) is 8.85. The Balaban J connectivity index is 2.44. The van der Waals surface area contributed by atoms with E-state index in [4.69, 9.17) is 5.11 Å². The molecule has 11 heavy (non-hydrogen) atoms. The standard InChI is InChI=1S/C9H16O2/c1-2-7-3-4-9(11)8(5-7)6-10/h7-8,10H,2-6H2,1H3. The second-order valence-electron chi connectivity index (χ2n) is 3.39. The molecule has 2 heteroatoms. The quantitative estimate of drug-likeness (QED) is 0.655. The second kappa shape index (κ2) is 3.86. The molecule has 1 rings (SSSR count). The number of hydrogen-bond acceptors (Lipinski definition) is 2. The topological polar surface area (TPSA) is 37.3 Å². The van der Waals surface area contributed by atoms with Crippen molar-refractivity contribution >= 4 is 5.78 Å². The van der Waals surface area contributed by atoms with Crippen LogP contribution in [0.2, 0.25) is 0 Å². The van der Waals surface area contributed by atoms with Crippen LogP contribution in [0.5, 0.6) is 0 Å². The lowest BCUT2D eigenvalue weighted by atomic mass is 9.80. The number of carbonyl (C=O) groups excluding carboxylic acids is 1. The fourth-order valence-corrected chi connectivity index (χ4v) is 1.75. The highest BCUT2D eigenvalue weighted by Crippen LogP contribution is 2.27. The summed E-state index contributed by atoms with van der Waals surface area (Å²) in [6.07, 6.45) is 3.77. The molecule has 1 aliphatic carbocycles. The molecule has 0 aromatic heterocycles. The van der Waals surface area contributed by atoms with Crippen LogP contribution in [0.25, 0.3) is 0 Å². The van der Waals surface area contributed by atoms with Crippen molar-refractivity contribution in [2.75, 3.05) is 6.61 Å². The fraction of sp³-hybridized carbons (Fsp3) is 0.889. The molecule has 1 N–H and O–H groups in total. The van der Waals surface area contributed by atoms with Crippen molar-refractivity contribution in [3.05, 3.63) is 0 Å². The Morgan fingerprint density at radius 1 is 1.64 bits per heavy atom. The van der Waals surface area contributed by atoms with Crippen LogP contribution in [0, 0.1) is 11.8 Å². The largest absolute Gasteiger partial charge is 0.396 e. The smallest absolute Gasteiger partial charge is 0.138 e. The molecule has 0 heterocycles. The minimum absolute atomic E-state index is 0.0475. The van der Waals surface area contributed by atoms with Crippen LogP contribution in [-0.4, -0.2) is 17.5 Å². The van der Waals surface area contributed by atoms with Crippen LogP contribution < -0.4 is 0 Å². The number of hydrogen-bond donors (Lipinski definition) is 1. The van der Waals surface area contributed by atoms with Crippen LogP contribution in [0.3, 0.4) is 0 Å². The Hall–Kier alpha value is -0.370. The van der Waals surface area contributed by atoms with Crippen molar-refractivity contribution < 1.29 is 9.90 Å². The first-order chi connectivity index (χ1) is 5.27. The van der Waals surface area contributed by atoms with Gasteiger partial charge in [-0.15, -0.1) is 0 Å². The normalized spacial score (nSPS) is 32.4. The summed E-state index contributed by atoms with van der Waals surface area (Å²) in [6, 6.07) is 0. The molecule has 0 saturated heterocycles. The number of aliphatic hydroxyl groups excluding tert-OH is 1. The minimum atomic E-state index is -0.0475. The van der Waals surface area contributed by atoms with Gasteiger partial charge in [0.2, 0.25) is 0 Å². The predicted molar refractivity (Wildman–Crippen MR) is 43.2 cm³/mol. The van der Waals surface area contributed by atoms with Crippen molar-refractivity contribution in [1.82, 2.24) is 0 Å². The molecule has 1 aliphatic rings. The molecule has 0 bridgehead atoms. The van der Waals surface area contributed by atoms with Gasteiger partial charge in [-0.25, -0.2) is 0 Å². The van der Waals surface area contributed by atoms with Crippen molar-refractivity contribution in [2.24, 2.45) is 11.8 Å². The fourth-order valence-electron chi connectivity index (χ4n) is 1.75. The molecule has 64 valence electrons. The number of rotatable bonds is 2. The van der Waals surface area contributed by atoms with E-state index in [0.717, 1.165) is 19.3 Å². The average Bonchev–Trinajstić information content (AvgIpc) is 2.05. The lowest BCUT2D eigenvalue weighted by molar-refractivity contribution is -0.127. The van der Waals surface area contributed by atoms with Crippen LogP contribution in [0.15, 0.2) is 0 Å². The summed E-state index contributed by atoms with van der Waals surface area (Å²) < 4.78 is 0. The number of ketones is 1. The van der Waals surface area contributed by atoms with Crippen molar-refractivity contribution in [2.45, 2.75) is 32.6 Å². The van der Waals surface area contributed by atoms with E-state index in [9.17, 15) is 4.79 Å². The van der Waals surface area contributed by atoms with E-state index in [2.05, 4.69) is 6.92 Å². The highest BCUT2D eigenvalue weighted by atomic mass is 16.3. The zero-order valence-electron chi connectivity index (χ0n) is 7.05. The van der Waals surface area contributed by atoms with E-state index >= 15 is 0 Å². The van der Waals surface area contributed by atoms with Gasteiger partial charge in [0.15, 0.2) is 0 Å². The van der Waals surface area contributed by atoms with Gasteiger partial charge < -0.3 is 5.11 Å². The van der Waals surface area contributed by atoms with Crippen molar-refractivity contribution in [3.8, 4) is 0 Å². The maximum atomic E-state index is 11.1. The van der Waals surface area contributed by atoms with E-state index in [0.29, 0.717) is 12.3 Å². The van der Waals surface area contributed by atoms with Gasteiger partial charge in [-0.2, -0.15) is 0 Å². The molecule has 1 fully saturated rings. The average molecular weight is 156 g/mol. The first-order valence-electron chi connectivity index (χ1n) is 4.41. The monoisotopic (exact) mass is 156 g/mol. The van der Waals surface area contributed by atoms with Gasteiger partial charge in [0.05, 0.1) is 6.61 Å². The maximum absolute atomic E-state index is 11.1. The zero-order chi connectivity index (χ0) is 8.27. The summed E-state index contributed by atoms with van der Waals surface area (Å²) in [5.74, 6) is 0.885. The lowest BCUT2D eigenvalue weighted by Crippen LogP contribution is -2.27. The Morgan fingerprint density at radius 2 is 2.36 bits per heavy atom.